The molecule has 0 radical (unpaired) electrons. The second-order valence-corrected chi connectivity index (χ2v) is 5.23. The van der Waals surface area contributed by atoms with Gasteiger partial charge in [0.1, 0.15) is 0 Å². The number of aromatic nitrogens is 2. The van der Waals surface area contributed by atoms with E-state index in [9.17, 15) is 14.7 Å². The number of carboxylic acids is 1. The zero-order chi connectivity index (χ0) is 14.8. The number of rotatable bonds is 4. The Bertz CT molecular complexity index is 550. The van der Waals surface area contributed by atoms with Crippen molar-refractivity contribution >= 4 is 18.0 Å². The van der Waals surface area contributed by atoms with Crippen LogP contribution >= 0.6 is 0 Å². The molecule has 1 N–H and O–H groups in total. The molecule has 0 aromatic carbocycles. The van der Waals surface area contributed by atoms with Gasteiger partial charge in [0, 0.05) is 38.0 Å². The molecule has 1 amide bonds. The number of amides is 1. The van der Waals surface area contributed by atoms with Crippen molar-refractivity contribution in [1.29, 1.82) is 0 Å². The first-order valence-electron chi connectivity index (χ1n) is 6.66. The van der Waals surface area contributed by atoms with Gasteiger partial charge in [-0.05, 0) is 18.9 Å². The van der Waals surface area contributed by atoms with Gasteiger partial charge in [-0.25, -0.2) is 0 Å². The van der Waals surface area contributed by atoms with Crippen molar-refractivity contribution in [3.05, 3.63) is 24.0 Å². The van der Waals surface area contributed by atoms with E-state index in [1.807, 2.05) is 14.0 Å². The Kier molecular flexibility index (Phi) is 3.92. The maximum Gasteiger partial charge on any atom is 0.311 e. The highest BCUT2D eigenvalue weighted by atomic mass is 16.4. The standard InChI is InChI=1S/C14H19N3O3/c1-3-14(13(19)20)6-7-17(10-14)12(18)5-4-11-8-15-16(2)9-11/h4-5,8-9H,3,6-7,10H2,1-2H3,(H,19,20). The molecule has 0 aliphatic carbocycles. The van der Waals surface area contributed by atoms with Crippen LogP contribution in [-0.2, 0) is 16.6 Å². The fourth-order valence-corrected chi connectivity index (χ4v) is 2.47. The summed E-state index contributed by atoms with van der Waals surface area (Å²) in [5.74, 6) is -0.961. The van der Waals surface area contributed by atoms with Gasteiger partial charge >= 0.3 is 5.97 Å². The molecule has 6 heteroatoms. The number of likely N-dealkylation sites (tertiary alicyclic amines) is 1. The Hall–Kier alpha value is -2.11. The molecule has 20 heavy (non-hydrogen) atoms. The highest BCUT2D eigenvalue weighted by Crippen LogP contribution is 2.34. The summed E-state index contributed by atoms with van der Waals surface area (Å²) in [5, 5.41) is 13.3. The Morgan fingerprint density at radius 2 is 2.30 bits per heavy atom. The molecule has 1 aromatic heterocycles. The third kappa shape index (κ3) is 2.74. The minimum absolute atomic E-state index is 0.148. The first-order valence-corrected chi connectivity index (χ1v) is 6.66. The van der Waals surface area contributed by atoms with E-state index in [2.05, 4.69) is 5.10 Å². The van der Waals surface area contributed by atoms with Crippen molar-refractivity contribution in [2.45, 2.75) is 19.8 Å². The number of aliphatic carboxylic acids is 1. The second kappa shape index (κ2) is 5.48. The summed E-state index contributed by atoms with van der Waals surface area (Å²) in [5.41, 5.74) is 0.0673. The third-order valence-corrected chi connectivity index (χ3v) is 3.94. The summed E-state index contributed by atoms with van der Waals surface area (Å²) in [6, 6.07) is 0. The lowest BCUT2D eigenvalue weighted by atomic mass is 9.84. The predicted octanol–water partition coefficient (Wildman–Crippen LogP) is 1.15. The van der Waals surface area contributed by atoms with Gasteiger partial charge in [0.15, 0.2) is 0 Å². The van der Waals surface area contributed by atoms with Gasteiger partial charge in [-0.2, -0.15) is 5.10 Å². The largest absolute Gasteiger partial charge is 0.481 e. The van der Waals surface area contributed by atoms with E-state index in [0.29, 0.717) is 19.4 Å². The summed E-state index contributed by atoms with van der Waals surface area (Å²) < 4.78 is 1.66. The van der Waals surface area contributed by atoms with E-state index in [0.717, 1.165) is 5.56 Å². The van der Waals surface area contributed by atoms with Gasteiger partial charge in [0.05, 0.1) is 11.6 Å². The number of carboxylic acid groups (broad SMARTS) is 1. The van der Waals surface area contributed by atoms with Crippen molar-refractivity contribution in [3.8, 4) is 0 Å². The summed E-state index contributed by atoms with van der Waals surface area (Å²) in [6.07, 6.45) is 7.71. The molecule has 0 spiro atoms. The molecule has 1 aromatic rings. The normalized spacial score (nSPS) is 22.6. The van der Waals surface area contributed by atoms with Crippen LogP contribution in [0.4, 0.5) is 0 Å². The minimum atomic E-state index is -0.813. The fraction of sp³-hybridized carbons (Fsp3) is 0.500. The number of aryl methyl sites for hydroxylation is 1. The lowest BCUT2D eigenvalue weighted by Crippen LogP contribution is -2.35. The first-order chi connectivity index (χ1) is 9.47. The van der Waals surface area contributed by atoms with Crippen LogP contribution in [0.15, 0.2) is 18.5 Å². The van der Waals surface area contributed by atoms with Gasteiger partial charge in [-0.3, -0.25) is 14.3 Å². The van der Waals surface area contributed by atoms with E-state index in [4.69, 9.17) is 0 Å². The molecule has 1 atom stereocenters. The average molecular weight is 277 g/mol. The summed E-state index contributed by atoms with van der Waals surface area (Å²) >= 11 is 0. The highest BCUT2D eigenvalue weighted by Gasteiger charge is 2.44. The van der Waals surface area contributed by atoms with Crippen LogP contribution in [0.2, 0.25) is 0 Å². The molecule has 1 unspecified atom stereocenters. The Labute approximate surface area is 117 Å². The lowest BCUT2D eigenvalue weighted by Gasteiger charge is -2.22. The molecule has 6 nitrogen and oxygen atoms in total. The Morgan fingerprint density at radius 1 is 1.55 bits per heavy atom. The van der Waals surface area contributed by atoms with Crippen molar-refractivity contribution in [2.75, 3.05) is 13.1 Å². The van der Waals surface area contributed by atoms with Crippen LogP contribution in [0.1, 0.15) is 25.3 Å². The molecular weight excluding hydrogens is 258 g/mol. The number of carbonyl (C=O) groups is 2. The molecule has 1 saturated heterocycles. The quantitative estimate of drug-likeness (QED) is 0.838. The summed E-state index contributed by atoms with van der Waals surface area (Å²) in [4.78, 5) is 25.0. The van der Waals surface area contributed by atoms with Crippen molar-refractivity contribution in [3.63, 3.8) is 0 Å². The van der Waals surface area contributed by atoms with Gasteiger partial charge in [0.2, 0.25) is 5.91 Å². The van der Waals surface area contributed by atoms with Crippen LogP contribution in [0.3, 0.4) is 0 Å². The van der Waals surface area contributed by atoms with Gasteiger partial charge < -0.3 is 10.0 Å². The molecule has 1 aliphatic heterocycles. The van der Waals surface area contributed by atoms with E-state index in [1.54, 1.807) is 28.1 Å². The molecule has 0 bridgehead atoms. The molecule has 2 heterocycles. The smallest absolute Gasteiger partial charge is 0.311 e. The van der Waals surface area contributed by atoms with Gasteiger partial charge in [0.25, 0.3) is 0 Å². The molecule has 1 aliphatic rings. The number of nitrogens with zero attached hydrogens (tertiary/aromatic N) is 3. The van der Waals surface area contributed by atoms with Crippen molar-refractivity contribution < 1.29 is 14.7 Å². The third-order valence-electron chi connectivity index (χ3n) is 3.94. The van der Waals surface area contributed by atoms with E-state index >= 15 is 0 Å². The number of carbonyl (C=O) groups excluding carboxylic acids is 1. The molecule has 1 fully saturated rings. The van der Waals surface area contributed by atoms with Crippen LogP contribution < -0.4 is 0 Å². The van der Waals surface area contributed by atoms with E-state index < -0.39 is 11.4 Å². The molecular formula is C14H19N3O3. The van der Waals surface area contributed by atoms with Gasteiger partial charge in [-0.15, -0.1) is 0 Å². The molecule has 2 rings (SSSR count). The average Bonchev–Trinajstić information content (AvgIpc) is 3.03. The monoisotopic (exact) mass is 277 g/mol. The second-order valence-electron chi connectivity index (χ2n) is 5.23. The van der Waals surface area contributed by atoms with Crippen molar-refractivity contribution in [1.82, 2.24) is 14.7 Å². The highest BCUT2D eigenvalue weighted by molar-refractivity contribution is 5.92. The maximum absolute atomic E-state index is 12.1. The zero-order valence-corrected chi connectivity index (χ0v) is 11.7. The Balaban J connectivity index is 2.01. The lowest BCUT2D eigenvalue weighted by molar-refractivity contribution is -0.148. The van der Waals surface area contributed by atoms with Crippen molar-refractivity contribution in [2.24, 2.45) is 12.5 Å². The zero-order valence-electron chi connectivity index (χ0n) is 11.7. The minimum Gasteiger partial charge on any atom is -0.481 e. The number of hydrogen-bond donors (Lipinski definition) is 1. The van der Waals surface area contributed by atoms with E-state index in [1.165, 1.54) is 6.08 Å². The van der Waals surface area contributed by atoms with Crippen LogP contribution in [0.5, 0.6) is 0 Å². The summed E-state index contributed by atoms with van der Waals surface area (Å²) in [7, 11) is 1.81. The number of hydrogen-bond acceptors (Lipinski definition) is 3. The van der Waals surface area contributed by atoms with Crippen LogP contribution in [0, 0.1) is 5.41 Å². The Morgan fingerprint density at radius 3 is 2.80 bits per heavy atom. The first kappa shape index (κ1) is 14.3. The molecule has 0 saturated carbocycles. The van der Waals surface area contributed by atoms with E-state index in [-0.39, 0.29) is 12.5 Å². The van der Waals surface area contributed by atoms with Crippen LogP contribution in [-0.4, -0.2) is 44.8 Å². The fourth-order valence-electron chi connectivity index (χ4n) is 2.47. The van der Waals surface area contributed by atoms with Crippen LogP contribution in [0.25, 0.3) is 6.08 Å². The topological polar surface area (TPSA) is 75.4 Å². The SMILES string of the molecule is CCC1(C(=O)O)CCN(C(=O)C=Cc2cnn(C)c2)C1. The summed E-state index contributed by atoms with van der Waals surface area (Å²) in [6.45, 7) is 2.64. The predicted molar refractivity (Wildman–Crippen MR) is 73.8 cm³/mol. The van der Waals surface area contributed by atoms with Gasteiger partial charge in [-0.1, -0.05) is 6.92 Å². The molecule has 108 valence electrons. The maximum atomic E-state index is 12.1.